The van der Waals surface area contributed by atoms with E-state index in [-0.39, 0.29) is 0 Å². The molecule has 3 nitrogen and oxygen atoms in total. The predicted octanol–water partition coefficient (Wildman–Crippen LogP) is 2.76. The Bertz CT molecular complexity index is 385. The molecule has 0 spiro atoms. The van der Waals surface area contributed by atoms with E-state index in [4.69, 9.17) is 10.2 Å². The molecule has 100 valence electrons. The zero-order valence-electron chi connectivity index (χ0n) is 11.3. The highest BCUT2D eigenvalue weighted by Gasteiger charge is 2.41. The van der Waals surface area contributed by atoms with E-state index < -0.39 is 0 Å². The second kappa shape index (κ2) is 4.71. The minimum atomic E-state index is 0.301. The summed E-state index contributed by atoms with van der Waals surface area (Å²) in [5, 5.41) is 0. The highest BCUT2D eigenvalue weighted by Crippen LogP contribution is 2.40. The molecule has 0 saturated heterocycles. The van der Waals surface area contributed by atoms with Crippen molar-refractivity contribution in [3.05, 3.63) is 24.2 Å². The van der Waals surface area contributed by atoms with Crippen LogP contribution >= 0.6 is 0 Å². The average molecular weight is 248 g/mol. The van der Waals surface area contributed by atoms with Gasteiger partial charge in [0.15, 0.2) is 0 Å². The van der Waals surface area contributed by atoms with E-state index in [0.717, 1.165) is 24.9 Å². The van der Waals surface area contributed by atoms with Crippen molar-refractivity contribution in [2.75, 3.05) is 6.54 Å². The summed E-state index contributed by atoms with van der Waals surface area (Å²) in [7, 11) is 0. The van der Waals surface area contributed by atoms with Crippen LogP contribution < -0.4 is 5.73 Å². The molecule has 1 aromatic heterocycles. The molecule has 1 heterocycles. The molecule has 2 unspecified atom stereocenters. The lowest BCUT2D eigenvalue weighted by atomic mass is 9.84. The normalized spacial score (nSPS) is 32.3. The van der Waals surface area contributed by atoms with Gasteiger partial charge in [0.2, 0.25) is 0 Å². The lowest BCUT2D eigenvalue weighted by molar-refractivity contribution is 0.132. The molecule has 0 bridgehead atoms. The van der Waals surface area contributed by atoms with E-state index in [1.54, 1.807) is 6.26 Å². The van der Waals surface area contributed by atoms with Crippen molar-refractivity contribution in [2.24, 2.45) is 11.1 Å². The lowest BCUT2D eigenvalue weighted by Gasteiger charge is -2.35. The molecule has 2 atom stereocenters. The second-order valence-corrected chi connectivity index (χ2v) is 6.37. The second-order valence-electron chi connectivity index (χ2n) is 6.37. The Morgan fingerprint density at radius 2 is 2.28 bits per heavy atom. The van der Waals surface area contributed by atoms with E-state index in [9.17, 15) is 0 Å². The first-order chi connectivity index (χ1) is 8.67. The molecule has 2 fully saturated rings. The molecule has 2 aliphatic carbocycles. The molecule has 0 aromatic carbocycles. The fraction of sp³-hybridized carbons (Fsp3) is 0.733. The van der Waals surface area contributed by atoms with Crippen LogP contribution in [0.25, 0.3) is 0 Å². The van der Waals surface area contributed by atoms with Crippen molar-refractivity contribution in [3.63, 3.8) is 0 Å². The summed E-state index contributed by atoms with van der Waals surface area (Å²) < 4.78 is 5.49. The van der Waals surface area contributed by atoms with Gasteiger partial charge in [0, 0.05) is 18.6 Å². The molecule has 1 aromatic rings. The molecule has 0 amide bonds. The van der Waals surface area contributed by atoms with Crippen LogP contribution in [0.1, 0.15) is 44.8 Å². The number of hydrogen-bond donors (Lipinski definition) is 1. The maximum atomic E-state index is 6.31. The summed E-state index contributed by atoms with van der Waals surface area (Å²) in [6.07, 6.45) is 8.20. The number of nitrogens with two attached hydrogens (primary N) is 1. The van der Waals surface area contributed by atoms with Gasteiger partial charge in [-0.15, -0.1) is 0 Å². The minimum Gasteiger partial charge on any atom is -0.468 e. The van der Waals surface area contributed by atoms with Gasteiger partial charge in [-0.2, -0.15) is 0 Å². The highest BCUT2D eigenvalue weighted by molar-refractivity contribution is 5.02. The summed E-state index contributed by atoms with van der Waals surface area (Å²) >= 11 is 0. The fourth-order valence-corrected chi connectivity index (χ4v) is 3.28. The van der Waals surface area contributed by atoms with Crippen LogP contribution in [0, 0.1) is 5.41 Å². The Balaban J connectivity index is 1.67. The lowest BCUT2D eigenvalue weighted by Crippen LogP contribution is -2.44. The van der Waals surface area contributed by atoms with Crippen LogP contribution in [0.5, 0.6) is 0 Å². The molecule has 0 radical (unpaired) electrons. The maximum absolute atomic E-state index is 6.31. The van der Waals surface area contributed by atoms with Gasteiger partial charge < -0.3 is 10.2 Å². The largest absolute Gasteiger partial charge is 0.468 e. The molecule has 18 heavy (non-hydrogen) atoms. The van der Waals surface area contributed by atoms with Crippen molar-refractivity contribution in [3.8, 4) is 0 Å². The van der Waals surface area contributed by atoms with Gasteiger partial charge in [-0.25, -0.2) is 0 Å². The molecule has 2 saturated carbocycles. The predicted molar refractivity (Wildman–Crippen MR) is 72.1 cm³/mol. The van der Waals surface area contributed by atoms with Crippen LogP contribution in [0.15, 0.2) is 22.8 Å². The van der Waals surface area contributed by atoms with E-state index in [2.05, 4.69) is 17.9 Å². The quantitative estimate of drug-likeness (QED) is 0.871. The minimum absolute atomic E-state index is 0.301. The Labute approximate surface area is 109 Å². The summed E-state index contributed by atoms with van der Waals surface area (Å²) in [5.74, 6) is 1.08. The average Bonchev–Trinajstić information content (AvgIpc) is 2.98. The van der Waals surface area contributed by atoms with E-state index in [1.165, 1.54) is 32.1 Å². The van der Waals surface area contributed by atoms with Gasteiger partial charge in [0.1, 0.15) is 5.76 Å². The third-order valence-electron chi connectivity index (χ3n) is 4.72. The van der Waals surface area contributed by atoms with E-state index in [0.29, 0.717) is 11.5 Å². The molecule has 2 aliphatic rings. The zero-order chi connectivity index (χ0) is 12.6. The first-order valence-electron chi connectivity index (χ1n) is 7.19. The van der Waals surface area contributed by atoms with Crippen LogP contribution in [-0.4, -0.2) is 23.5 Å². The molecule has 2 N–H and O–H groups in total. The van der Waals surface area contributed by atoms with Gasteiger partial charge in [-0.05, 0) is 43.2 Å². The van der Waals surface area contributed by atoms with Crippen LogP contribution in [-0.2, 0) is 6.54 Å². The van der Waals surface area contributed by atoms with Crippen molar-refractivity contribution in [1.82, 2.24) is 4.90 Å². The Hall–Kier alpha value is -0.800. The summed E-state index contributed by atoms with van der Waals surface area (Å²) in [5.41, 5.74) is 6.61. The topological polar surface area (TPSA) is 42.4 Å². The number of nitrogens with zero attached hydrogens (tertiary/aromatic N) is 1. The van der Waals surface area contributed by atoms with E-state index >= 15 is 0 Å². The molecular weight excluding hydrogens is 224 g/mol. The van der Waals surface area contributed by atoms with Gasteiger partial charge in [-0.1, -0.05) is 13.3 Å². The molecule has 0 aliphatic heterocycles. The first kappa shape index (κ1) is 12.2. The smallest absolute Gasteiger partial charge is 0.117 e. The van der Waals surface area contributed by atoms with Gasteiger partial charge in [0.05, 0.1) is 12.8 Å². The molecule has 3 rings (SSSR count). The molecular formula is C15H24N2O. The third-order valence-corrected chi connectivity index (χ3v) is 4.72. The first-order valence-corrected chi connectivity index (χ1v) is 7.19. The Kier molecular flexibility index (Phi) is 3.20. The third kappa shape index (κ3) is 2.47. The van der Waals surface area contributed by atoms with Crippen LogP contribution in [0.4, 0.5) is 0 Å². The van der Waals surface area contributed by atoms with Crippen LogP contribution in [0.2, 0.25) is 0 Å². The van der Waals surface area contributed by atoms with Crippen molar-refractivity contribution >= 4 is 0 Å². The standard InChI is InChI=1S/C15H24N2O/c1-15(8-2-5-14(15)16)11-17(12-6-7-12)10-13-4-3-9-18-13/h3-4,9,12,14H,2,5-8,10-11,16H2,1H3. The monoisotopic (exact) mass is 248 g/mol. The summed E-state index contributed by atoms with van der Waals surface area (Å²) in [6.45, 7) is 4.43. The fourth-order valence-electron chi connectivity index (χ4n) is 3.28. The summed E-state index contributed by atoms with van der Waals surface area (Å²) in [4.78, 5) is 2.59. The summed E-state index contributed by atoms with van der Waals surface area (Å²) in [6, 6.07) is 5.19. The number of furan rings is 1. The number of hydrogen-bond acceptors (Lipinski definition) is 3. The highest BCUT2D eigenvalue weighted by atomic mass is 16.3. The van der Waals surface area contributed by atoms with Crippen LogP contribution in [0.3, 0.4) is 0 Å². The van der Waals surface area contributed by atoms with Crippen molar-refractivity contribution < 1.29 is 4.42 Å². The van der Waals surface area contributed by atoms with Gasteiger partial charge in [-0.3, -0.25) is 4.90 Å². The molecule has 3 heteroatoms. The van der Waals surface area contributed by atoms with Gasteiger partial charge in [0.25, 0.3) is 0 Å². The van der Waals surface area contributed by atoms with Crippen molar-refractivity contribution in [1.29, 1.82) is 0 Å². The van der Waals surface area contributed by atoms with Gasteiger partial charge >= 0.3 is 0 Å². The van der Waals surface area contributed by atoms with Crippen molar-refractivity contribution in [2.45, 2.75) is 57.7 Å². The SMILES string of the molecule is CC1(CN(Cc2ccco2)C2CC2)CCCC1N. The Morgan fingerprint density at radius 1 is 1.44 bits per heavy atom. The maximum Gasteiger partial charge on any atom is 0.117 e. The van der Waals surface area contributed by atoms with E-state index in [1.807, 2.05) is 6.07 Å². The zero-order valence-corrected chi connectivity index (χ0v) is 11.3. The number of rotatable bonds is 5. The Morgan fingerprint density at radius 3 is 2.83 bits per heavy atom.